The van der Waals surface area contributed by atoms with E-state index in [4.69, 9.17) is 4.55 Å². The van der Waals surface area contributed by atoms with E-state index >= 15 is 0 Å². The summed E-state index contributed by atoms with van der Waals surface area (Å²) in [6.45, 7) is -0.708. The highest BCUT2D eigenvalue weighted by atomic mass is 33.1. The molecule has 0 aromatic carbocycles. The summed E-state index contributed by atoms with van der Waals surface area (Å²) in [6.07, 6.45) is -1.51. The lowest BCUT2D eigenvalue weighted by Crippen LogP contribution is -2.25. The normalized spacial score (nSPS) is 12.8. The molecule has 0 aromatic heterocycles. The maximum Gasteiger partial charge on any atom is 0.319 e. The van der Waals surface area contributed by atoms with E-state index in [1.54, 1.807) is 0 Å². The highest BCUT2D eigenvalue weighted by Gasteiger charge is 2.17. The van der Waals surface area contributed by atoms with Crippen molar-refractivity contribution in [2.24, 2.45) is 0 Å². The monoisotopic (exact) mass is 292 g/mol. The third-order valence-electron chi connectivity index (χ3n) is 1.27. The van der Waals surface area contributed by atoms with E-state index in [0.29, 0.717) is 0 Å². The molecule has 11 nitrogen and oxygen atoms in total. The van der Waals surface area contributed by atoms with Crippen LogP contribution in [0.15, 0.2) is 0 Å². The molecule has 0 aromatic rings. The molecule has 0 radical (unpaired) electrons. The Morgan fingerprint density at radius 3 is 2.29 bits per heavy atom. The summed E-state index contributed by atoms with van der Waals surface area (Å²) in [4.78, 5) is 27.7. The lowest BCUT2D eigenvalue weighted by molar-refractivity contribution is -0.790. The first-order valence-corrected chi connectivity index (χ1v) is 6.85. The van der Waals surface area contributed by atoms with Gasteiger partial charge in [0.15, 0.2) is 0 Å². The van der Waals surface area contributed by atoms with Crippen molar-refractivity contribution >= 4 is 19.9 Å². The fourth-order valence-corrected chi connectivity index (χ4v) is 2.21. The largest absolute Gasteiger partial charge is 0.319 e. The first kappa shape index (κ1) is 15.7. The third kappa shape index (κ3) is 10.9. The smallest absolute Gasteiger partial charge is 0.312 e. The van der Waals surface area contributed by atoms with Crippen LogP contribution in [0.5, 0.6) is 0 Å². The predicted octanol–water partition coefficient (Wildman–Crippen LogP) is -0.302. The second-order valence-corrected chi connectivity index (χ2v) is 5.98. The van der Waals surface area contributed by atoms with Crippen LogP contribution in [-0.4, -0.2) is 41.6 Å². The zero-order chi connectivity index (χ0) is 13.5. The number of hydrogen-bond acceptors (Lipinski definition) is 9. The molecular formula is C4H8N2O9S2. The first-order valence-electron chi connectivity index (χ1n) is 3.91. The van der Waals surface area contributed by atoms with E-state index in [-0.39, 0.29) is 23.0 Å². The zero-order valence-electron chi connectivity index (χ0n) is 8.12. The van der Waals surface area contributed by atoms with E-state index in [9.17, 15) is 28.6 Å². The summed E-state index contributed by atoms with van der Waals surface area (Å²) >= 11 is 0. The molecule has 0 bridgehead atoms. The first-order chi connectivity index (χ1) is 7.70. The van der Waals surface area contributed by atoms with Gasteiger partial charge >= 0.3 is 9.15 Å². The van der Waals surface area contributed by atoms with Gasteiger partial charge in [0, 0.05) is 5.75 Å². The molecule has 1 atom stereocenters. The fraction of sp³-hybridized carbons (Fsp3) is 1.00. The Morgan fingerprint density at radius 1 is 1.29 bits per heavy atom. The molecule has 1 unspecified atom stereocenters. The molecule has 0 rings (SSSR count). The molecule has 0 aliphatic rings. The second-order valence-electron chi connectivity index (χ2n) is 2.51. The molecule has 0 amide bonds. The Balaban J connectivity index is 4.10. The van der Waals surface area contributed by atoms with Crippen molar-refractivity contribution in [3.8, 4) is 0 Å². The quantitative estimate of drug-likeness (QED) is 0.258. The molecule has 1 N–H and O–H groups in total. The second kappa shape index (κ2) is 7.08. The van der Waals surface area contributed by atoms with Gasteiger partial charge in [-0.1, -0.05) is 0 Å². The van der Waals surface area contributed by atoms with Crippen LogP contribution in [0.1, 0.15) is 6.42 Å². The van der Waals surface area contributed by atoms with Crippen LogP contribution in [0, 0.1) is 20.2 Å². The van der Waals surface area contributed by atoms with Crippen molar-refractivity contribution in [3.05, 3.63) is 20.2 Å². The topological polar surface area (TPSA) is 159 Å². The van der Waals surface area contributed by atoms with Crippen molar-refractivity contribution < 1.29 is 32.8 Å². The van der Waals surface area contributed by atoms with Crippen molar-refractivity contribution in [2.45, 2.75) is 12.5 Å². The number of nitrogens with zero attached hydrogens (tertiary/aromatic N) is 2. The van der Waals surface area contributed by atoms with Gasteiger partial charge in [0.25, 0.3) is 10.2 Å². The molecule has 0 spiro atoms. The molecule has 17 heavy (non-hydrogen) atoms. The van der Waals surface area contributed by atoms with Crippen LogP contribution in [-0.2, 0) is 18.8 Å². The highest BCUT2D eigenvalue weighted by Crippen LogP contribution is 2.13. The fourth-order valence-electron chi connectivity index (χ4n) is 0.717. The summed E-state index contributed by atoms with van der Waals surface area (Å²) in [5.41, 5.74) is 0. The van der Waals surface area contributed by atoms with Crippen molar-refractivity contribution in [1.82, 2.24) is 0 Å². The molecule has 0 saturated carbocycles. The summed E-state index contributed by atoms with van der Waals surface area (Å²) in [5, 5.41) is 17.5. The SMILES string of the molecule is O=[N+]([O-])OCC(CCSS(=O)(=O)O)O[N+](=O)[O-]. The van der Waals surface area contributed by atoms with Crippen molar-refractivity contribution in [3.63, 3.8) is 0 Å². The zero-order valence-corrected chi connectivity index (χ0v) is 9.76. The Labute approximate surface area is 98.4 Å². The third-order valence-corrected chi connectivity index (χ3v) is 3.37. The van der Waals surface area contributed by atoms with Gasteiger partial charge in [0.2, 0.25) is 0 Å². The van der Waals surface area contributed by atoms with Crippen LogP contribution in [0.3, 0.4) is 0 Å². The molecule has 0 fully saturated rings. The van der Waals surface area contributed by atoms with E-state index < -0.39 is 32.0 Å². The van der Waals surface area contributed by atoms with Gasteiger partial charge in [-0.3, -0.25) is 4.55 Å². The average molecular weight is 292 g/mol. The lowest BCUT2D eigenvalue weighted by Gasteiger charge is -2.12. The van der Waals surface area contributed by atoms with Crippen molar-refractivity contribution in [2.75, 3.05) is 12.4 Å². The molecule has 0 saturated heterocycles. The van der Waals surface area contributed by atoms with Crippen LogP contribution < -0.4 is 0 Å². The van der Waals surface area contributed by atoms with E-state index in [0.717, 1.165) is 0 Å². The van der Waals surface area contributed by atoms with Gasteiger partial charge in [-0.15, -0.1) is 20.2 Å². The highest BCUT2D eigenvalue weighted by molar-refractivity contribution is 8.69. The average Bonchev–Trinajstić information content (AvgIpc) is 2.10. The molecule has 0 aliphatic carbocycles. The molecule has 100 valence electrons. The van der Waals surface area contributed by atoms with Gasteiger partial charge in [0.05, 0.1) is 0 Å². The maximum absolute atomic E-state index is 10.3. The minimum atomic E-state index is -4.26. The standard InChI is InChI=1S/C4H8N2O9S2/c7-5(8)14-3-4(15-6(9)10)1-2-16-17(11,12)13/h4H,1-3H2,(H,11,12,13). The van der Waals surface area contributed by atoms with Gasteiger partial charge in [-0.25, -0.2) is 0 Å². The van der Waals surface area contributed by atoms with Crippen LogP contribution in [0.2, 0.25) is 0 Å². The van der Waals surface area contributed by atoms with Crippen LogP contribution in [0.25, 0.3) is 0 Å². The maximum atomic E-state index is 10.3. The van der Waals surface area contributed by atoms with E-state index in [1.165, 1.54) is 0 Å². The van der Waals surface area contributed by atoms with Gasteiger partial charge in [0.1, 0.15) is 12.7 Å². The molecule has 13 heteroatoms. The van der Waals surface area contributed by atoms with Crippen LogP contribution >= 0.6 is 10.8 Å². The Morgan fingerprint density at radius 2 is 1.88 bits per heavy atom. The van der Waals surface area contributed by atoms with Crippen molar-refractivity contribution in [1.29, 1.82) is 0 Å². The summed E-state index contributed by atoms with van der Waals surface area (Å²) in [7, 11) is -4.14. The minimum Gasteiger partial charge on any atom is -0.312 e. The Hall–Kier alpha value is -1.34. The number of hydrogen-bond donors (Lipinski definition) is 1. The Kier molecular flexibility index (Phi) is 6.52. The summed E-state index contributed by atoms with van der Waals surface area (Å²) in [6, 6.07) is 0. The lowest BCUT2D eigenvalue weighted by atomic mass is 10.3. The van der Waals surface area contributed by atoms with Gasteiger partial charge in [-0.2, -0.15) is 8.42 Å². The van der Waals surface area contributed by atoms with Gasteiger partial charge < -0.3 is 9.68 Å². The molecule has 0 heterocycles. The Bertz CT molecular complexity index is 367. The van der Waals surface area contributed by atoms with E-state index in [1.807, 2.05) is 0 Å². The predicted molar refractivity (Wildman–Crippen MR) is 53.4 cm³/mol. The van der Waals surface area contributed by atoms with E-state index in [2.05, 4.69) is 9.68 Å². The molecule has 0 aliphatic heterocycles. The molecular weight excluding hydrogens is 284 g/mol. The number of rotatable bonds is 9. The van der Waals surface area contributed by atoms with Crippen LogP contribution in [0.4, 0.5) is 0 Å². The summed E-state index contributed by atoms with van der Waals surface area (Å²) in [5.74, 6) is -0.238. The van der Waals surface area contributed by atoms with Gasteiger partial charge in [-0.05, 0) is 17.2 Å². The summed E-state index contributed by atoms with van der Waals surface area (Å²) < 4.78 is 29.0. The minimum absolute atomic E-state index is 0.123.